The van der Waals surface area contributed by atoms with Gasteiger partial charge in [-0.15, -0.1) is 0 Å². The Kier molecular flexibility index (Phi) is 7.22. The van der Waals surface area contributed by atoms with Crippen LogP contribution in [0.1, 0.15) is 30.3 Å². The Bertz CT molecular complexity index is 1440. The van der Waals surface area contributed by atoms with Crippen LogP contribution in [0, 0.1) is 12.7 Å². The number of aryl methyl sites for hydroxylation is 2. The predicted molar refractivity (Wildman–Crippen MR) is 147 cm³/mol. The zero-order chi connectivity index (χ0) is 26.6. The van der Waals surface area contributed by atoms with Crippen LogP contribution in [0.2, 0.25) is 0 Å². The van der Waals surface area contributed by atoms with Gasteiger partial charge in [0.25, 0.3) is 0 Å². The molecular formula is C30H30FN5O2. The minimum Gasteiger partial charge on any atom is -0.340 e. The Labute approximate surface area is 221 Å². The molecule has 4 aromatic rings. The number of fused-ring (bicyclic) bond motifs is 1. The van der Waals surface area contributed by atoms with Crippen LogP contribution in [-0.2, 0) is 29.1 Å². The highest BCUT2D eigenvalue weighted by Gasteiger charge is 2.27. The fraction of sp³-hybridized carbons (Fsp3) is 0.233. The van der Waals surface area contributed by atoms with Crippen LogP contribution in [0.3, 0.4) is 0 Å². The molecule has 0 fully saturated rings. The Balaban J connectivity index is 1.32. The number of anilines is 3. The number of nitrogens with one attached hydrogen (secondary N) is 2. The van der Waals surface area contributed by atoms with E-state index >= 15 is 0 Å². The van der Waals surface area contributed by atoms with Crippen molar-refractivity contribution in [2.24, 2.45) is 0 Å². The first-order valence-corrected chi connectivity index (χ1v) is 12.7. The molecule has 0 saturated carbocycles. The number of imidazole rings is 1. The van der Waals surface area contributed by atoms with Gasteiger partial charge in [0.15, 0.2) is 0 Å². The Hall–Kier alpha value is -4.46. The van der Waals surface area contributed by atoms with Gasteiger partial charge in [0.1, 0.15) is 23.2 Å². The number of halogens is 1. The van der Waals surface area contributed by atoms with E-state index in [2.05, 4.69) is 15.2 Å². The average Bonchev–Trinajstić information content (AvgIpc) is 3.27. The SMILES string of the molecule is CC(=O)Nc1ccc(CCC(=O)N2CCn3c(nc(-c4ccc(F)cc4)c3Nc3ccc(C)cc3)C2)cc1. The highest BCUT2D eigenvalue weighted by Crippen LogP contribution is 2.33. The first kappa shape index (κ1) is 25.2. The van der Waals surface area contributed by atoms with Crippen LogP contribution in [0.4, 0.5) is 21.6 Å². The van der Waals surface area contributed by atoms with Gasteiger partial charge in [-0.1, -0.05) is 29.8 Å². The second kappa shape index (κ2) is 10.9. The summed E-state index contributed by atoms with van der Waals surface area (Å²) in [4.78, 5) is 31.0. The molecule has 0 aliphatic carbocycles. The van der Waals surface area contributed by atoms with Gasteiger partial charge >= 0.3 is 0 Å². The second-order valence-corrected chi connectivity index (χ2v) is 9.57. The molecule has 0 atom stereocenters. The lowest BCUT2D eigenvalue weighted by Crippen LogP contribution is -2.38. The lowest BCUT2D eigenvalue weighted by molar-refractivity contribution is -0.132. The van der Waals surface area contributed by atoms with Gasteiger partial charge in [0.05, 0.1) is 6.54 Å². The number of nitrogens with zero attached hydrogens (tertiary/aromatic N) is 3. The summed E-state index contributed by atoms with van der Waals surface area (Å²) in [5.74, 6) is 1.28. The summed E-state index contributed by atoms with van der Waals surface area (Å²) in [6.07, 6.45) is 1.00. The van der Waals surface area contributed by atoms with Crippen LogP contribution >= 0.6 is 0 Å². The van der Waals surface area contributed by atoms with Crippen molar-refractivity contribution >= 4 is 29.0 Å². The molecule has 38 heavy (non-hydrogen) atoms. The first-order chi connectivity index (χ1) is 18.4. The zero-order valence-electron chi connectivity index (χ0n) is 21.5. The van der Waals surface area contributed by atoms with Gasteiger partial charge in [0.2, 0.25) is 11.8 Å². The lowest BCUT2D eigenvalue weighted by atomic mass is 10.1. The predicted octanol–water partition coefficient (Wildman–Crippen LogP) is 5.67. The number of carbonyl (C=O) groups excluding carboxylic acids is 2. The molecule has 8 heteroatoms. The van der Waals surface area contributed by atoms with Gasteiger partial charge in [-0.25, -0.2) is 9.37 Å². The zero-order valence-corrected chi connectivity index (χ0v) is 21.5. The monoisotopic (exact) mass is 511 g/mol. The second-order valence-electron chi connectivity index (χ2n) is 9.57. The molecule has 5 rings (SSSR count). The van der Waals surface area contributed by atoms with Crippen molar-refractivity contribution in [1.82, 2.24) is 14.5 Å². The van der Waals surface area contributed by atoms with Crippen molar-refractivity contribution in [1.29, 1.82) is 0 Å². The third-order valence-electron chi connectivity index (χ3n) is 6.66. The molecule has 7 nitrogen and oxygen atoms in total. The fourth-order valence-electron chi connectivity index (χ4n) is 4.62. The highest BCUT2D eigenvalue weighted by atomic mass is 19.1. The Morgan fingerprint density at radius 2 is 1.61 bits per heavy atom. The summed E-state index contributed by atoms with van der Waals surface area (Å²) in [6, 6.07) is 22.0. The van der Waals surface area contributed by atoms with E-state index in [0.29, 0.717) is 32.5 Å². The maximum absolute atomic E-state index is 13.6. The van der Waals surface area contributed by atoms with Gasteiger partial charge < -0.3 is 20.1 Å². The van der Waals surface area contributed by atoms with Crippen molar-refractivity contribution in [2.75, 3.05) is 17.2 Å². The van der Waals surface area contributed by atoms with Crippen molar-refractivity contribution in [3.8, 4) is 11.3 Å². The van der Waals surface area contributed by atoms with Crippen molar-refractivity contribution in [2.45, 2.75) is 39.8 Å². The van der Waals surface area contributed by atoms with E-state index in [0.717, 1.165) is 39.8 Å². The number of rotatable bonds is 7. The molecule has 2 N–H and O–H groups in total. The highest BCUT2D eigenvalue weighted by molar-refractivity contribution is 5.88. The van der Waals surface area contributed by atoms with Crippen LogP contribution in [-0.4, -0.2) is 32.8 Å². The molecule has 0 spiro atoms. The Morgan fingerprint density at radius 3 is 2.29 bits per heavy atom. The van der Waals surface area contributed by atoms with Crippen LogP contribution in [0.15, 0.2) is 72.8 Å². The molecule has 3 aromatic carbocycles. The van der Waals surface area contributed by atoms with Gasteiger partial charge in [0, 0.05) is 43.4 Å². The summed E-state index contributed by atoms with van der Waals surface area (Å²) in [7, 11) is 0. The number of aromatic nitrogens is 2. The maximum Gasteiger partial charge on any atom is 0.223 e. The van der Waals surface area contributed by atoms with Crippen LogP contribution in [0.25, 0.3) is 11.3 Å². The molecule has 194 valence electrons. The van der Waals surface area contributed by atoms with E-state index in [1.54, 1.807) is 12.1 Å². The van der Waals surface area contributed by atoms with Gasteiger partial charge in [-0.3, -0.25) is 9.59 Å². The third kappa shape index (κ3) is 5.75. The summed E-state index contributed by atoms with van der Waals surface area (Å²) >= 11 is 0. The third-order valence-corrected chi connectivity index (χ3v) is 6.66. The molecule has 0 saturated heterocycles. The molecular weight excluding hydrogens is 481 g/mol. The van der Waals surface area contributed by atoms with Crippen molar-refractivity contribution in [3.05, 3.63) is 95.6 Å². The topological polar surface area (TPSA) is 79.3 Å². The minimum absolute atomic E-state index is 0.0709. The molecule has 0 radical (unpaired) electrons. The standard InChI is InChI=1S/C30H30FN5O2/c1-20-3-12-26(13-4-20)33-30-29(23-8-10-24(31)11-9-23)34-27-19-35(17-18-36(27)30)28(38)16-7-22-5-14-25(15-6-22)32-21(2)37/h3-6,8-15,33H,7,16-19H2,1-2H3,(H,32,37). The van der Waals surface area contributed by atoms with Gasteiger partial charge in [-0.2, -0.15) is 0 Å². The van der Waals surface area contributed by atoms with Crippen molar-refractivity contribution < 1.29 is 14.0 Å². The van der Waals surface area contributed by atoms with E-state index in [4.69, 9.17) is 4.98 Å². The largest absolute Gasteiger partial charge is 0.340 e. The molecule has 1 aromatic heterocycles. The van der Waals surface area contributed by atoms with Crippen LogP contribution < -0.4 is 10.6 Å². The molecule has 1 aliphatic rings. The van der Waals surface area contributed by atoms with E-state index in [1.165, 1.54) is 24.6 Å². The van der Waals surface area contributed by atoms with E-state index in [-0.39, 0.29) is 17.6 Å². The van der Waals surface area contributed by atoms with Gasteiger partial charge in [-0.05, 0) is 67.4 Å². The number of hydrogen-bond acceptors (Lipinski definition) is 4. The minimum atomic E-state index is -0.299. The maximum atomic E-state index is 13.6. The summed E-state index contributed by atoms with van der Waals surface area (Å²) < 4.78 is 15.7. The molecule has 2 amide bonds. The lowest BCUT2D eigenvalue weighted by Gasteiger charge is -2.28. The summed E-state index contributed by atoms with van der Waals surface area (Å²) in [6.45, 7) is 5.11. The average molecular weight is 512 g/mol. The van der Waals surface area contributed by atoms with Crippen LogP contribution in [0.5, 0.6) is 0 Å². The molecule has 2 heterocycles. The number of benzene rings is 3. The van der Waals surface area contributed by atoms with E-state index < -0.39 is 0 Å². The number of carbonyl (C=O) groups is 2. The normalized spacial score (nSPS) is 12.7. The van der Waals surface area contributed by atoms with E-state index in [1.807, 2.05) is 60.4 Å². The Morgan fingerprint density at radius 1 is 0.921 bits per heavy atom. The molecule has 0 unspecified atom stereocenters. The van der Waals surface area contributed by atoms with Crippen molar-refractivity contribution in [3.63, 3.8) is 0 Å². The number of hydrogen-bond donors (Lipinski definition) is 2. The summed E-state index contributed by atoms with van der Waals surface area (Å²) in [5.41, 5.74) is 5.42. The molecule has 0 bridgehead atoms. The fourth-order valence-corrected chi connectivity index (χ4v) is 4.62. The summed E-state index contributed by atoms with van der Waals surface area (Å²) in [5, 5.41) is 6.25. The first-order valence-electron chi connectivity index (χ1n) is 12.7. The molecule has 1 aliphatic heterocycles. The quantitative estimate of drug-likeness (QED) is 0.335. The smallest absolute Gasteiger partial charge is 0.223 e. The number of amides is 2. The van der Waals surface area contributed by atoms with E-state index in [9.17, 15) is 14.0 Å².